The number of hydrogen-bond donors (Lipinski definition) is 0. The van der Waals surface area contributed by atoms with Gasteiger partial charge in [-0.15, -0.1) is 12.4 Å². The lowest BCUT2D eigenvalue weighted by molar-refractivity contribution is 0.343. The van der Waals surface area contributed by atoms with Crippen molar-refractivity contribution in [2.45, 2.75) is 18.8 Å². The van der Waals surface area contributed by atoms with Crippen molar-refractivity contribution in [1.29, 1.82) is 0 Å². The summed E-state index contributed by atoms with van der Waals surface area (Å²) in [5, 5.41) is 0. The topological polar surface area (TPSA) is 21.7 Å². The molecule has 106 valence electrons. The molecule has 1 heterocycles. The van der Waals surface area contributed by atoms with E-state index >= 15 is 0 Å². The molecule has 1 aromatic rings. The molecule has 19 heavy (non-hydrogen) atoms. The molecule has 0 radical (unpaired) electrons. The second kappa shape index (κ2) is 5.59. The molecule has 0 unspecified atom stereocenters. The van der Waals surface area contributed by atoms with Crippen LogP contribution >= 0.6 is 12.4 Å². The molecule has 0 spiro atoms. The molecule has 1 fully saturated rings. The summed E-state index contributed by atoms with van der Waals surface area (Å²) in [6.45, 7) is 2.41. The van der Waals surface area contributed by atoms with Gasteiger partial charge in [0, 0.05) is 24.6 Å². The van der Waals surface area contributed by atoms with Crippen LogP contribution in [0.4, 0.5) is 0 Å². The van der Waals surface area contributed by atoms with Gasteiger partial charge in [-0.25, -0.2) is 0 Å². The Morgan fingerprint density at radius 2 is 1.95 bits per heavy atom. The minimum Gasteiger partial charge on any atom is -0.493 e. The minimum absolute atomic E-state index is 0. The number of ether oxygens (including phenoxy) is 2. The summed E-state index contributed by atoms with van der Waals surface area (Å²) < 4.78 is 11.0. The van der Waals surface area contributed by atoms with Gasteiger partial charge in [-0.3, -0.25) is 0 Å². The molecule has 4 heteroatoms. The third-order valence-electron chi connectivity index (χ3n) is 4.47. The van der Waals surface area contributed by atoms with E-state index in [1.165, 1.54) is 30.6 Å². The molecule has 0 aromatic heterocycles. The van der Waals surface area contributed by atoms with Crippen LogP contribution in [0.2, 0.25) is 0 Å². The zero-order chi connectivity index (χ0) is 12.7. The number of likely N-dealkylation sites (N-methyl/N-ethyl adjacent to an activating group) is 1. The average Bonchev–Trinajstić information content (AvgIpc) is 2.77. The molecule has 0 amide bonds. The van der Waals surface area contributed by atoms with E-state index in [4.69, 9.17) is 9.47 Å². The van der Waals surface area contributed by atoms with Crippen molar-refractivity contribution in [2.75, 3.05) is 34.4 Å². The van der Waals surface area contributed by atoms with Gasteiger partial charge in [0.25, 0.3) is 0 Å². The third-order valence-corrected chi connectivity index (χ3v) is 4.47. The van der Waals surface area contributed by atoms with E-state index in [2.05, 4.69) is 24.1 Å². The van der Waals surface area contributed by atoms with Crippen molar-refractivity contribution < 1.29 is 9.47 Å². The molecule has 2 aliphatic rings. The molecular weight excluding hydrogens is 262 g/mol. The highest BCUT2D eigenvalue weighted by Gasteiger charge is 2.37. The van der Waals surface area contributed by atoms with Crippen LogP contribution in [0.15, 0.2) is 12.1 Å². The maximum atomic E-state index is 5.57. The molecule has 1 aromatic carbocycles. The van der Waals surface area contributed by atoms with Crippen molar-refractivity contribution in [1.82, 2.24) is 4.90 Å². The second-order valence-corrected chi connectivity index (χ2v) is 5.50. The molecule has 1 saturated heterocycles. The molecule has 3 nitrogen and oxygen atoms in total. The quantitative estimate of drug-likeness (QED) is 0.833. The predicted octanol–water partition coefficient (Wildman–Crippen LogP) is 2.72. The van der Waals surface area contributed by atoms with Crippen LogP contribution in [0.25, 0.3) is 0 Å². The summed E-state index contributed by atoms with van der Waals surface area (Å²) in [4.78, 5) is 2.45. The summed E-state index contributed by atoms with van der Waals surface area (Å²) in [6.07, 6.45) is 2.39. The Morgan fingerprint density at radius 3 is 2.63 bits per heavy atom. The van der Waals surface area contributed by atoms with Crippen LogP contribution < -0.4 is 9.47 Å². The van der Waals surface area contributed by atoms with Gasteiger partial charge >= 0.3 is 0 Å². The molecule has 0 N–H and O–H groups in total. The monoisotopic (exact) mass is 283 g/mol. The van der Waals surface area contributed by atoms with Gasteiger partial charge in [-0.1, -0.05) is 6.07 Å². The van der Waals surface area contributed by atoms with Crippen LogP contribution in [-0.4, -0.2) is 39.3 Å². The lowest BCUT2D eigenvalue weighted by atomic mass is 9.76. The zero-order valence-corrected chi connectivity index (χ0v) is 12.6. The van der Waals surface area contributed by atoms with E-state index in [0.29, 0.717) is 5.92 Å². The fourth-order valence-corrected chi connectivity index (χ4v) is 3.67. The smallest absolute Gasteiger partial charge is 0.164 e. The number of nitrogens with zero attached hydrogens (tertiary/aromatic N) is 1. The Labute approximate surface area is 121 Å². The fraction of sp³-hybridized carbons (Fsp3) is 0.600. The Bertz CT molecular complexity index is 464. The Balaban J connectivity index is 0.00000133. The van der Waals surface area contributed by atoms with E-state index in [1.54, 1.807) is 14.2 Å². The number of hydrogen-bond acceptors (Lipinski definition) is 3. The summed E-state index contributed by atoms with van der Waals surface area (Å²) in [7, 11) is 5.67. The number of likely N-dealkylation sites (tertiary alicyclic amines) is 1. The number of benzene rings is 1. The largest absolute Gasteiger partial charge is 0.493 e. The van der Waals surface area contributed by atoms with Crippen LogP contribution in [-0.2, 0) is 6.42 Å². The van der Waals surface area contributed by atoms with Crippen LogP contribution in [0, 0.1) is 5.92 Å². The standard InChI is InChI=1S/C15H21NO2.ClH/c1-16-8-10-4-5-12-11(13(10)9-16)6-7-14(17-2)15(12)18-3;/h6-7,10,13H,4-5,8-9H2,1-3H3;1H/t10-,13-;/m1./s1. The molecule has 2 atom stereocenters. The van der Waals surface area contributed by atoms with Gasteiger partial charge in [0.1, 0.15) is 0 Å². The third kappa shape index (κ3) is 2.30. The summed E-state index contributed by atoms with van der Waals surface area (Å²) >= 11 is 0. The van der Waals surface area contributed by atoms with Gasteiger partial charge in [0.05, 0.1) is 14.2 Å². The number of methoxy groups -OCH3 is 2. The molecule has 1 aliphatic heterocycles. The number of fused-ring (bicyclic) bond motifs is 3. The SMILES string of the molecule is COc1ccc2c(c1OC)CC[C@@H]1CN(C)C[C@@H]21.Cl. The van der Waals surface area contributed by atoms with Crippen LogP contribution in [0.5, 0.6) is 11.5 Å². The molecule has 0 saturated carbocycles. The Hall–Kier alpha value is -0.930. The molecule has 0 bridgehead atoms. The van der Waals surface area contributed by atoms with E-state index < -0.39 is 0 Å². The Morgan fingerprint density at radius 1 is 1.16 bits per heavy atom. The van der Waals surface area contributed by atoms with Gasteiger partial charge in [-0.05, 0) is 37.4 Å². The second-order valence-electron chi connectivity index (χ2n) is 5.50. The first-order valence-electron chi connectivity index (χ1n) is 6.67. The van der Waals surface area contributed by atoms with Crippen molar-refractivity contribution in [2.24, 2.45) is 5.92 Å². The summed E-state index contributed by atoms with van der Waals surface area (Å²) in [5.41, 5.74) is 2.85. The van der Waals surface area contributed by atoms with Crippen molar-refractivity contribution in [3.05, 3.63) is 23.3 Å². The lowest BCUT2D eigenvalue weighted by Crippen LogP contribution is -2.19. The maximum Gasteiger partial charge on any atom is 0.164 e. The van der Waals surface area contributed by atoms with Crippen LogP contribution in [0.1, 0.15) is 23.5 Å². The van der Waals surface area contributed by atoms with E-state index in [1.807, 2.05) is 0 Å². The van der Waals surface area contributed by atoms with Crippen molar-refractivity contribution >= 4 is 12.4 Å². The summed E-state index contributed by atoms with van der Waals surface area (Å²) in [5.74, 6) is 3.31. The zero-order valence-electron chi connectivity index (χ0n) is 11.8. The molecule has 3 rings (SSSR count). The predicted molar refractivity (Wildman–Crippen MR) is 78.8 cm³/mol. The first-order chi connectivity index (χ1) is 8.74. The lowest BCUT2D eigenvalue weighted by Gasteiger charge is -2.29. The maximum absolute atomic E-state index is 5.57. The van der Waals surface area contributed by atoms with E-state index in [9.17, 15) is 0 Å². The van der Waals surface area contributed by atoms with Gasteiger partial charge < -0.3 is 14.4 Å². The summed E-state index contributed by atoms with van der Waals surface area (Å²) in [6, 6.07) is 4.30. The first-order valence-corrected chi connectivity index (χ1v) is 6.67. The van der Waals surface area contributed by atoms with E-state index in [0.717, 1.165) is 23.8 Å². The average molecular weight is 284 g/mol. The van der Waals surface area contributed by atoms with Gasteiger partial charge in [-0.2, -0.15) is 0 Å². The van der Waals surface area contributed by atoms with Crippen molar-refractivity contribution in [3.63, 3.8) is 0 Å². The van der Waals surface area contributed by atoms with Gasteiger partial charge in [0.15, 0.2) is 11.5 Å². The van der Waals surface area contributed by atoms with Crippen molar-refractivity contribution in [3.8, 4) is 11.5 Å². The Kier molecular flexibility index (Phi) is 4.26. The minimum atomic E-state index is 0. The number of rotatable bonds is 2. The van der Waals surface area contributed by atoms with Gasteiger partial charge in [0.2, 0.25) is 0 Å². The van der Waals surface area contributed by atoms with Crippen LogP contribution in [0.3, 0.4) is 0 Å². The van der Waals surface area contributed by atoms with E-state index in [-0.39, 0.29) is 12.4 Å². The highest BCUT2D eigenvalue weighted by Crippen LogP contribution is 2.46. The normalized spacial score (nSPS) is 25.2. The first kappa shape index (κ1) is 14.5. The highest BCUT2D eigenvalue weighted by atomic mass is 35.5. The highest BCUT2D eigenvalue weighted by molar-refractivity contribution is 5.85. The molecular formula is C15H22ClNO2. The number of halogens is 1. The fourth-order valence-electron chi connectivity index (χ4n) is 3.67. The molecule has 1 aliphatic carbocycles.